The number of nitrogens with zero attached hydrogens (tertiary/aromatic N) is 4. The molecule has 1 spiro atoms. The van der Waals surface area contributed by atoms with Gasteiger partial charge < -0.3 is 19.7 Å². The van der Waals surface area contributed by atoms with E-state index in [1.807, 2.05) is 6.07 Å². The summed E-state index contributed by atoms with van der Waals surface area (Å²) in [6.45, 7) is 4.82. The van der Waals surface area contributed by atoms with E-state index in [2.05, 4.69) is 25.1 Å². The standard InChI is InChI=1S/C18H27N5O3/c1-25-8-7-19-16(24)15-10-26-18(11-22(15)9-14-3-4-14)12-23(13-18)17-20-5-2-6-21-17/h2,5-6,14-15H,3-4,7-13H2,1H3,(H,19,24)/t15-/m1/s1. The van der Waals surface area contributed by atoms with Crippen molar-refractivity contribution in [3.63, 3.8) is 0 Å². The largest absolute Gasteiger partial charge is 0.383 e. The van der Waals surface area contributed by atoms with Crippen LogP contribution in [0.15, 0.2) is 18.5 Å². The lowest BCUT2D eigenvalue weighted by atomic mass is 9.90. The summed E-state index contributed by atoms with van der Waals surface area (Å²) < 4.78 is 11.2. The van der Waals surface area contributed by atoms with Crippen molar-refractivity contribution in [3.8, 4) is 0 Å². The minimum absolute atomic E-state index is 0.0418. The highest BCUT2D eigenvalue weighted by Gasteiger charge is 2.51. The van der Waals surface area contributed by atoms with Gasteiger partial charge in [-0.2, -0.15) is 0 Å². The summed E-state index contributed by atoms with van der Waals surface area (Å²) in [6, 6.07) is 1.61. The normalized spacial score (nSPS) is 25.1. The Morgan fingerprint density at radius 3 is 2.81 bits per heavy atom. The van der Waals surface area contributed by atoms with Crippen LogP contribution in [-0.2, 0) is 14.3 Å². The number of methoxy groups -OCH3 is 1. The number of rotatable bonds is 7. The number of carbonyl (C=O) groups is 1. The van der Waals surface area contributed by atoms with Crippen molar-refractivity contribution < 1.29 is 14.3 Å². The average Bonchev–Trinajstić information content (AvgIpc) is 3.44. The van der Waals surface area contributed by atoms with Gasteiger partial charge in [0.05, 0.1) is 26.3 Å². The number of carbonyl (C=O) groups excluding carboxylic acids is 1. The minimum Gasteiger partial charge on any atom is -0.383 e. The highest BCUT2D eigenvalue weighted by Crippen LogP contribution is 2.36. The average molecular weight is 361 g/mol. The van der Waals surface area contributed by atoms with E-state index in [9.17, 15) is 4.79 Å². The maximum absolute atomic E-state index is 12.6. The third kappa shape index (κ3) is 3.82. The van der Waals surface area contributed by atoms with E-state index in [1.165, 1.54) is 12.8 Å². The fourth-order valence-electron chi connectivity index (χ4n) is 3.78. The third-order valence-electron chi connectivity index (χ3n) is 5.37. The van der Waals surface area contributed by atoms with E-state index in [0.29, 0.717) is 19.8 Å². The van der Waals surface area contributed by atoms with Crippen molar-refractivity contribution in [1.82, 2.24) is 20.2 Å². The molecule has 2 saturated heterocycles. The molecule has 0 bridgehead atoms. The Balaban J connectivity index is 1.37. The van der Waals surface area contributed by atoms with Gasteiger partial charge in [-0.1, -0.05) is 0 Å². The quantitative estimate of drug-likeness (QED) is 0.680. The number of nitrogens with one attached hydrogen (secondary N) is 1. The first-order valence-electron chi connectivity index (χ1n) is 9.36. The molecule has 1 amide bonds. The number of aromatic nitrogens is 2. The lowest BCUT2D eigenvalue weighted by Crippen LogP contribution is -2.73. The third-order valence-corrected chi connectivity index (χ3v) is 5.37. The fraction of sp³-hybridized carbons (Fsp3) is 0.722. The summed E-state index contributed by atoms with van der Waals surface area (Å²) in [4.78, 5) is 25.7. The second-order valence-corrected chi connectivity index (χ2v) is 7.57. The fourth-order valence-corrected chi connectivity index (χ4v) is 3.78. The highest BCUT2D eigenvalue weighted by atomic mass is 16.5. The number of hydrogen-bond donors (Lipinski definition) is 1. The highest BCUT2D eigenvalue weighted by molar-refractivity contribution is 5.82. The van der Waals surface area contributed by atoms with Gasteiger partial charge in [-0.05, 0) is 24.8 Å². The summed E-state index contributed by atoms with van der Waals surface area (Å²) >= 11 is 0. The van der Waals surface area contributed by atoms with Crippen molar-refractivity contribution in [2.75, 3.05) is 57.9 Å². The Kier molecular flexibility index (Phi) is 5.06. The molecule has 8 heteroatoms. The van der Waals surface area contributed by atoms with E-state index in [4.69, 9.17) is 9.47 Å². The van der Waals surface area contributed by atoms with E-state index < -0.39 is 0 Å². The van der Waals surface area contributed by atoms with Crippen molar-refractivity contribution in [3.05, 3.63) is 18.5 Å². The topological polar surface area (TPSA) is 79.8 Å². The van der Waals surface area contributed by atoms with E-state index >= 15 is 0 Å². The predicted octanol–water partition coefficient (Wildman–Crippen LogP) is -0.0912. The summed E-state index contributed by atoms with van der Waals surface area (Å²) in [5.74, 6) is 1.52. The van der Waals surface area contributed by atoms with E-state index in [0.717, 1.165) is 38.0 Å². The SMILES string of the molecule is COCCNC(=O)[C@H]1COC2(CN(c3ncccn3)C2)CN1CC1CC1. The Morgan fingerprint density at radius 2 is 2.12 bits per heavy atom. The monoisotopic (exact) mass is 361 g/mol. The molecule has 1 aliphatic carbocycles. The molecule has 3 fully saturated rings. The molecule has 1 saturated carbocycles. The van der Waals surface area contributed by atoms with E-state index in [1.54, 1.807) is 19.5 Å². The van der Waals surface area contributed by atoms with Crippen LogP contribution in [0.3, 0.4) is 0 Å². The zero-order chi connectivity index (χ0) is 18.0. The van der Waals surface area contributed by atoms with Crippen LogP contribution in [0.25, 0.3) is 0 Å². The first-order valence-corrected chi connectivity index (χ1v) is 9.36. The first kappa shape index (κ1) is 17.6. The maximum atomic E-state index is 12.6. The molecule has 0 radical (unpaired) electrons. The molecule has 0 unspecified atom stereocenters. The molecule has 4 rings (SSSR count). The zero-order valence-corrected chi connectivity index (χ0v) is 15.3. The summed E-state index contributed by atoms with van der Waals surface area (Å²) in [5, 5.41) is 2.96. The second kappa shape index (κ2) is 7.46. The van der Waals surface area contributed by atoms with Crippen LogP contribution in [0, 0.1) is 5.92 Å². The van der Waals surface area contributed by atoms with Crippen molar-refractivity contribution in [2.24, 2.45) is 5.92 Å². The molecule has 142 valence electrons. The Morgan fingerprint density at radius 1 is 1.35 bits per heavy atom. The predicted molar refractivity (Wildman–Crippen MR) is 95.9 cm³/mol. The second-order valence-electron chi connectivity index (χ2n) is 7.57. The van der Waals surface area contributed by atoms with Gasteiger partial charge in [0.1, 0.15) is 11.6 Å². The lowest BCUT2D eigenvalue weighted by molar-refractivity contribution is -0.162. The van der Waals surface area contributed by atoms with Crippen LogP contribution in [0.2, 0.25) is 0 Å². The van der Waals surface area contributed by atoms with Gasteiger partial charge in [0.25, 0.3) is 0 Å². The molecule has 1 atom stereocenters. The van der Waals surface area contributed by atoms with Crippen LogP contribution in [-0.4, -0.2) is 85.5 Å². The van der Waals surface area contributed by atoms with Crippen LogP contribution in [0.4, 0.5) is 5.95 Å². The maximum Gasteiger partial charge on any atom is 0.239 e. The van der Waals surface area contributed by atoms with Crippen LogP contribution in [0.1, 0.15) is 12.8 Å². The number of anilines is 1. The molecule has 1 N–H and O–H groups in total. The molecule has 2 aliphatic heterocycles. The van der Waals surface area contributed by atoms with Gasteiger partial charge in [0.15, 0.2) is 0 Å². The molecule has 3 aliphatic rings. The number of ether oxygens (including phenoxy) is 2. The molecule has 3 heterocycles. The zero-order valence-electron chi connectivity index (χ0n) is 15.3. The smallest absolute Gasteiger partial charge is 0.239 e. The van der Waals surface area contributed by atoms with E-state index in [-0.39, 0.29) is 17.6 Å². The number of hydrogen-bond acceptors (Lipinski definition) is 7. The molecule has 1 aromatic rings. The molecule has 1 aromatic heterocycles. The Labute approximate surface area is 153 Å². The Bertz CT molecular complexity index is 619. The number of amides is 1. The van der Waals surface area contributed by atoms with Gasteiger partial charge >= 0.3 is 0 Å². The molecular formula is C18H27N5O3. The summed E-state index contributed by atoms with van der Waals surface area (Å²) in [7, 11) is 1.64. The lowest BCUT2D eigenvalue weighted by Gasteiger charge is -2.55. The minimum atomic E-state index is -0.211. The molecule has 8 nitrogen and oxygen atoms in total. The molecular weight excluding hydrogens is 334 g/mol. The van der Waals surface area contributed by atoms with Gasteiger partial charge in [-0.25, -0.2) is 9.97 Å². The molecule has 0 aromatic carbocycles. The van der Waals surface area contributed by atoms with Gasteiger partial charge in [0, 0.05) is 39.1 Å². The van der Waals surface area contributed by atoms with Crippen molar-refractivity contribution in [2.45, 2.75) is 24.5 Å². The van der Waals surface area contributed by atoms with Crippen LogP contribution < -0.4 is 10.2 Å². The Hall–Kier alpha value is -1.77. The van der Waals surface area contributed by atoms with Gasteiger partial charge in [-0.3, -0.25) is 9.69 Å². The first-order chi connectivity index (χ1) is 12.7. The van der Waals surface area contributed by atoms with Gasteiger partial charge in [0.2, 0.25) is 11.9 Å². The van der Waals surface area contributed by atoms with Crippen LogP contribution in [0.5, 0.6) is 0 Å². The van der Waals surface area contributed by atoms with Crippen LogP contribution >= 0.6 is 0 Å². The summed E-state index contributed by atoms with van der Waals surface area (Å²) in [6.07, 6.45) is 6.06. The van der Waals surface area contributed by atoms with Crippen molar-refractivity contribution >= 4 is 11.9 Å². The molecule has 26 heavy (non-hydrogen) atoms. The summed E-state index contributed by atoms with van der Waals surface area (Å²) in [5.41, 5.74) is -0.211. The van der Waals surface area contributed by atoms with Gasteiger partial charge in [-0.15, -0.1) is 0 Å². The van der Waals surface area contributed by atoms with Crippen molar-refractivity contribution in [1.29, 1.82) is 0 Å². The number of morpholine rings is 1.